The summed E-state index contributed by atoms with van der Waals surface area (Å²) in [6.07, 6.45) is 1.94. The molecule has 3 rings (SSSR count). The van der Waals surface area contributed by atoms with E-state index in [0.717, 1.165) is 25.2 Å². The Bertz CT molecular complexity index is 593. The summed E-state index contributed by atoms with van der Waals surface area (Å²) in [5.41, 5.74) is 3.83. The molecule has 0 unspecified atom stereocenters. The summed E-state index contributed by atoms with van der Waals surface area (Å²) < 4.78 is 5.85. The average molecular weight is 287 g/mol. The summed E-state index contributed by atoms with van der Waals surface area (Å²) in [7, 11) is 1.92. The molecule has 0 saturated heterocycles. The Morgan fingerprint density at radius 1 is 1.33 bits per heavy atom. The van der Waals surface area contributed by atoms with Crippen molar-refractivity contribution >= 4 is 5.91 Å². The minimum absolute atomic E-state index is 0.0340. The molecule has 3 heteroatoms. The van der Waals surface area contributed by atoms with E-state index >= 15 is 0 Å². The van der Waals surface area contributed by atoms with Crippen molar-refractivity contribution in [1.29, 1.82) is 0 Å². The maximum atomic E-state index is 12.7. The maximum absolute atomic E-state index is 12.7. The summed E-state index contributed by atoms with van der Waals surface area (Å²) in [6.45, 7) is 9.11. The summed E-state index contributed by atoms with van der Waals surface area (Å²) in [5, 5.41) is 0. The molecule has 1 aliphatic carbocycles. The molecule has 1 saturated carbocycles. The van der Waals surface area contributed by atoms with E-state index < -0.39 is 0 Å². The Hall–Kier alpha value is -1.51. The Kier molecular flexibility index (Phi) is 3.27. The second-order valence-electron chi connectivity index (χ2n) is 6.99. The van der Waals surface area contributed by atoms with Gasteiger partial charge in [0.15, 0.2) is 0 Å². The van der Waals surface area contributed by atoms with Crippen LogP contribution in [0.15, 0.2) is 12.1 Å². The molecule has 0 N–H and O–H groups in total. The van der Waals surface area contributed by atoms with Gasteiger partial charge in [0.2, 0.25) is 5.91 Å². The SMILES string of the molecule is Cc1cc2c(cc1C)[C@]1(CCO2)C[C@H]1C(=O)N(C)C(C)C. The van der Waals surface area contributed by atoms with E-state index in [1.54, 1.807) is 0 Å². The van der Waals surface area contributed by atoms with Gasteiger partial charge in [0, 0.05) is 30.0 Å². The van der Waals surface area contributed by atoms with Crippen LogP contribution in [0.3, 0.4) is 0 Å². The van der Waals surface area contributed by atoms with E-state index in [4.69, 9.17) is 4.74 Å². The zero-order valence-electron chi connectivity index (χ0n) is 13.7. The molecule has 21 heavy (non-hydrogen) atoms. The van der Waals surface area contributed by atoms with Crippen molar-refractivity contribution in [1.82, 2.24) is 4.90 Å². The molecule has 1 heterocycles. The number of hydrogen-bond donors (Lipinski definition) is 0. The molecule has 1 fully saturated rings. The van der Waals surface area contributed by atoms with E-state index in [-0.39, 0.29) is 23.3 Å². The molecule has 2 aliphatic rings. The highest BCUT2D eigenvalue weighted by Crippen LogP contribution is 2.61. The van der Waals surface area contributed by atoms with E-state index in [1.165, 1.54) is 16.7 Å². The van der Waals surface area contributed by atoms with Gasteiger partial charge in [0.05, 0.1) is 6.61 Å². The second kappa shape index (κ2) is 4.75. The molecule has 2 atom stereocenters. The van der Waals surface area contributed by atoms with Crippen molar-refractivity contribution in [2.75, 3.05) is 13.7 Å². The number of amides is 1. The number of carbonyl (C=O) groups is 1. The zero-order valence-corrected chi connectivity index (χ0v) is 13.7. The minimum atomic E-state index is 0.0340. The van der Waals surface area contributed by atoms with Gasteiger partial charge in [-0.3, -0.25) is 4.79 Å². The monoisotopic (exact) mass is 287 g/mol. The summed E-state index contributed by atoms with van der Waals surface area (Å²) in [4.78, 5) is 14.6. The van der Waals surface area contributed by atoms with E-state index in [1.807, 2.05) is 11.9 Å². The van der Waals surface area contributed by atoms with Crippen LogP contribution in [0, 0.1) is 19.8 Å². The molecule has 1 aliphatic heterocycles. The molecule has 3 nitrogen and oxygen atoms in total. The first-order valence-electron chi connectivity index (χ1n) is 7.88. The highest BCUT2D eigenvalue weighted by Gasteiger charge is 2.61. The molecular formula is C18H25NO2. The third-order valence-electron chi connectivity index (χ3n) is 5.43. The third-order valence-corrected chi connectivity index (χ3v) is 5.43. The fourth-order valence-electron chi connectivity index (χ4n) is 3.48. The van der Waals surface area contributed by atoms with E-state index in [9.17, 15) is 4.79 Å². The predicted octanol–water partition coefficient (Wildman–Crippen LogP) is 3.21. The van der Waals surface area contributed by atoms with Crippen molar-refractivity contribution in [3.05, 3.63) is 28.8 Å². The molecule has 114 valence electrons. The lowest BCUT2D eigenvalue weighted by Gasteiger charge is -2.29. The van der Waals surface area contributed by atoms with E-state index in [2.05, 4.69) is 39.8 Å². The van der Waals surface area contributed by atoms with Crippen molar-refractivity contribution in [3.63, 3.8) is 0 Å². The van der Waals surface area contributed by atoms with Crippen LogP contribution in [-0.2, 0) is 10.2 Å². The third kappa shape index (κ3) is 2.14. The lowest BCUT2D eigenvalue weighted by atomic mass is 9.85. The zero-order chi connectivity index (χ0) is 15.4. The van der Waals surface area contributed by atoms with Crippen LogP contribution in [-0.4, -0.2) is 30.5 Å². The van der Waals surface area contributed by atoms with Crippen LogP contribution in [0.2, 0.25) is 0 Å². The summed E-state index contributed by atoms with van der Waals surface area (Å²) in [6, 6.07) is 4.64. The summed E-state index contributed by atoms with van der Waals surface area (Å²) >= 11 is 0. The van der Waals surface area contributed by atoms with Gasteiger partial charge < -0.3 is 9.64 Å². The van der Waals surface area contributed by atoms with Crippen molar-refractivity contribution < 1.29 is 9.53 Å². The molecule has 1 spiro atoms. The van der Waals surface area contributed by atoms with Gasteiger partial charge in [-0.15, -0.1) is 0 Å². The van der Waals surface area contributed by atoms with Crippen LogP contribution >= 0.6 is 0 Å². The normalized spacial score (nSPS) is 26.5. The smallest absolute Gasteiger partial charge is 0.226 e. The first kappa shape index (κ1) is 14.4. The average Bonchev–Trinajstić information content (AvgIpc) is 3.15. The molecule has 1 aromatic carbocycles. The fourth-order valence-corrected chi connectivity index (χ4v) is 3.48. The Morgan fingerprint density at radius 2 is 2.00 bits per heavy atom. The molecule has 0 bridgehead atoms. The number of benzene rings is 1. The van der Waals surface area contributed by atoms with Crippen LogP contribution in [0.1, 0.15) is 43.4 Å². The largest absolute Gasteiger partial charge is 0.493 e. The van der Waals surface area contributed by atoms with Gasteiger partial charge in [-0.1, -0.05) is 6.07 Å². The number of aryl methyl sites for hydroxylation is 2. The van der Waals surface area contributed by atoms with Crippen molar-refractivity contribution in [2.45, 2.75) is 52.0 Å². The number of ether oxygens (including phenoxy) is 1. The number of nitrogens with zero attached hydrogens (tertiary/aromatic N) is 1. The highest BCUT2D eigenvalue weighted by molar-refractivity contribution is 5.85. The Labute approximate surface area is 127 Å². The van der Waals surface area contributed by atoms with Gasteiger partial charge in [0.25, 0.3) is 0 Å². The van der Waals surface area contributed by atoms with Crippen molar-refractivity contribution in [2.24, 2.45) is 5.92 Å². The number of carbonyl (C=O) groups excluding carboxylic acids is 1. The minimum Gasteiger partial charge on any atom is -0.493 e. The molecule has 0 aromatic heterocycles. The van der Waals surface area contributed by atoms with Gasteiger partial charge in [-0.25, -0.2) is 0 Å². The Balaban J connectivity index is 1.94. The maximum Gasteiger partial charge on any atom is 0.226 e. The van der Waals surface area contributed by atoms with Crippen molar-refractivity contribution in [3.8, 4) is 5.75 Å². The standard InChI is InChI=1S/C18H25NO2/c1-11(2)19(5)17(20)15-10-18(15)6-7-21-16-9-13(4)12(3)8-14(16)18/h8-9,11,15H,6-7,10H2,1-5H3/t15-,18-/m0/s1. The molecular weight excluding hydrogens is 262 g/mol. The number of rotatable bonds is 2. The van der Waals surface area contributed by atoms with Crippen LogP contribution < -0.4 is 4.74 Å². The van der Waals surface area contributed by atoms with Gasteiger partial charge in [-0.05, 0) is 57.7 Å². The molecule has 1 amide bonds. The second-order valence-corrected chi connectivity index (χ2v) is 6.99. The first-order chi connectivity index (χ1) is 9.86. The van der Waals surface area contributed by atoms with Crippen LogP contribution in [0.4, 0.5) is 0 Å². The molecule has 0 radical (unpaired) electrons. The topological polar surface area (TPSA) is 29.5 Å². The van der Waals surface area contributed by atoms with E-state index in [0.29, 0.717) is 0 Å². The number of hydrogen-bond acceptors (Lipinski definition) is 2. The van der Waals surface area contributed by atoms with Gasteiger partial charge in [-0.2, -0.15) is 0 Å². The Morgan fingerprint density at radius 3 is 2.67 bits per heavy atom. The highest BCUT2D eigenvalue weighted by atomic mass is 16.5. The predicted molar refractivity (Wildman–Crippen MR) is 83.7 cm³/mol. The van der Waals surface area contributed by atoms with Crippen LogP contribution in [0.25, 0.3) is 0 Å². The number of fused-ring (bicyclic) bond motifs is 2. The van der Waals surface area contributed by atoms with Gasteiger partial charge in [0.1, 0.15) is 5.75 Å². The lowest BCUT2D eigenvalue weighted by molar-refractivity contribution is -0.133. The quantitative estimate of drug-likeness (QED) is 0.836. The van der Waals surface area contributed by atoms with Gasteiger partial charge >= 0.3 is 0 Å². The fraction of sp³-hybridized carbons (Fsp3) is 0.611. The van der Waals surface area contributed by atoms with Crippen LogP contribution in [0.5, 0.6) is 5.75 Å². The molecule has 1 aromatic rings. The first-order valence-corrected chi connectivity index (χ1v) is 7.88. The lowest BCUT2D eigenvalue weighted by Crippen LogP contribution is -2.37. The summed E-state index contributed by atoms with van der Waals surface area (Å²) in [5.74, 6) is 1.41.